The van der Waals surface area contributed by atoms with Gasteiger partial charge >= 0.3 is 0 Å². The average Bonchev–Trinajstić information content (AvgIpc) is 3.28. The Balaban J connectivity index is 1.65. The fourth-order valence-corrected chi connectivity index (χ4v) is 2.20. The standard InChI is InChI=1S/C17H19FN2O/c1-12-8-13(10-19-15-6-7-15)9-17(20-12)21-11-14-4-2-3-5-16(14)18/h2-5,8-9,15,19H,6-7,10-11H2,1H3. The zero-order valence-electron chi connectivity index (χ0n) is 12.1. The van der Waals surface area contributed by atoms with Gasteiger partial charge in [0.2, 0.25) is 5.88 Å². The van der Waals surface area contributed by atoms with Crippen molar-refractivity contribution < 1.29 is 9.13 Å². The van der Waals surface area contributed by atoms with Crippen LogP contribution in [0, 0.1) is 12.7 Å². The lowest BCUT2D eigenvalue weighted by Gasteiger charge is -2.10. The largest absolute Gasteiger partial charge is 0.473 e. The number of rotatable bonds is 6. The maximum Gasteiger partial charge on any atom is 0.214 e. The van der Waals surface area contributed by atoms with Crippen LogP contribution in [0.2, 0.25) is 0 Å². The summed E-state index contributed by atoms with van der Waals surface area (Å²) in [5.74, 6) is 0.298. The van der Waals surface area contributed by atoms with Gasteiger partial charge in [-0.25, -0.2) is 9.37 Å². The van der Waals surface area contributed by atoms with Gasteiger partial charge in [-0.2, -0.15) is 0 Å². The van der Waals surface area contributed by atoms with Gasteiger partial charge in [0.15, 0.2) is 0 Å². The summed E-state index contributed by atoms with van der Waals surface area (Å²) in [5.41, 5.74) is 2.60. The molecule has 0 bridgehead atoms. The molecule has 0 aliphatic heterocycles. The lowest BCUT2D eigenvalue weighted by atomic mass is 10.2. The molecule has 3 nitrogen and oxygen atoms in total. The van der Waals surface area contributed by atoms with Crippen LogP contribution in [0.4, 0.5) is 4.39 Å². The van der Waals surface area contributed by atoms with Crippen LogP contribution >= 0.6 is 0 Å². The Bertz CT molecular complexity index is 626. The van der Waals surface area contributed by atoms with Gasteiger partial charge in [-0.15, -0.1) is 0 Å². The smallest absolute Gasteiger partial charge is 0.214 e. The summed E-state index contributed by atoms with van der Waals surface area (Å²) in [6.45, 7) is 2.96. The summed E-state index contributed by atoms with van der Waals surface area (Å²) in [7, 11) is 0. The Morgan fingerprint density at radius 3 is 2.86 bits per heavy atom. The molecular weight excluding hydrogens is 267 g/mol. The normalized spacial score (nSPS) is 14.2. The highest BCUT2D eigenvalue weighted by molar-refractivity contribution is 5.25. The fraction of sp³-hybridized carbons (Fsp3) is 0.353. The Hall–Kier alpha value is -1.94. The molecule has 1 aliphatic rings. The van der Waals surface area contributed by atoms with Crippen molar-refractivity contribution in [2.45, 2.75) is 39.0 Å². The van der Waals surface area contributed by atoms with Crippen molar-refractivity contribution in [2.75, 3.05) is 0 Å². The molecule has 4 heteroatoms. The molecule has 3 rings (SSSR count). The number of hydrogen-bond acceptors (Lipinski definition) is 3. The molecule has 0 radical (unpaired) electrons. The molecule has 1 heterocycles. The van der Waals surface area contributed by atoms with Crippen molar-refractivity contribution in [3.63, 3.8) is 0 Å². The third-order valence-electron chi connectivity index (χ3n) is 3.50. The highest BCUT2D eigenvalue weighted by atomic mass is 19.1. The minimum absolute atomic E-state index is 0.193. The van der Waals surface area contributed by atoms with E-state index in [9.17, 15) is 4.39 Å². The number of nitrogens with one attached hydrogen (secondary N) is 1. The summed E-state index contributed by atoms with van der Waals surface area (Å²) in [6, 6.07) is 11.3. The Morgan fingerprint density at radius 1 is 1.29 bits per heavy atom. The minimum Gasteiger partial charge on any atom is -0.473 e. The SMILES string of the molecule is Cc1cc(CNC2CC2)cc(OCc2ccccc2F)n1. The predicted molar refractivity (Wildman–Crippen MR) is 79.6 cm³/mol. The van der Waals surface area contributed by atoms with Crippen molar-refractivity contribution in [2.24, 2.45) is 0 Å². The molecule has 1 N–H and O–H groups in total. The second-order valence-corrected chi connectivity index (χ2v) is 5.49. The molecule has 0 atom stereocenters. The minimum atomic E-state index is -0.249. The molecule has 21 heavy (non-hydrogen) atoms. The maximum absolute atomic E-state index is 13.6. The summed E-state index contributed by atoms with van der Waals surface area (Å²) in [5, 5.41) is 3.47. The second kappa shape index (κ2) is 6.22. The van der Waals surface area contributed by atoms with Crippen LogP contribution in [0.5, 0.6) is 5.88 Å². The Morgan fingerprint density at radius 2 is 2.10 bits per heavy atom. The van der Waals surface area contributed by atoms with Crippen molar-refractivity contribution in [1.82, 2.24) is 10.3 Å². The topological polar surface area (TPSA) is 34.1 Å². The molecule has 0 saturated heterocycles. The quantitative estimate of drug-likeness (QED) is 0.884. The molecule has 0 spiro atoms. The highest BCUT2D eigenvalue weighted by Gasteiger charge is 2.20. The van der Waals surface area contributed by atoms with Crippen molar-refractivity contribution in [3.05, 3.63) is 59.0 Å². The molecule has 0 unspecified atom stereocenters. The van der Waals surface area contributed by atoms with Crippen LogP contribution < -0.4 is 10.1 Å². The van der Waals surface area contributed by atoms with Gasteiger partial charge in [-0.3, -0.25) is 0 Å². The average molecular weight is 286 g/mol. The highest BCUT2D eigenvalue weighted by Crippen LogP contribution is 2.20. The molecule has 0 amide bonds. The molecular formula is C17H19FN2O. The molecule has 1 saturated carbocycles. The number of ether oxygens (including phenoxy) is 1. The summed E-state index contributed by atoms with van der Waals surface area (Å²) >= 11 is 0. The van der Waals surface area contributed by atoms with E-state index >= 15 is 0 Å². The third kappa shape index (κ3) is 4.02. The van der Waals surface area contributed by atoms with E-state index < -0.39 is 0 Å². The van der Waals surface area contributed by atoms with Gasteiger partial charge in [-0.1, -0.05) is 18.2 Å². The molecule has 110 valence electrons. The summed E-state index contributed by atoms with van der Waals surface area (Å²) in [6.07, 6.45) is 2.53. The van der Waals surface area contributed by atoms with Crippen LogP contribution in [0.25, 0.3) is 0 Å². The van der Waals surface area contributed by atoms with E-state index in [1.807, 2.05) is 19.1 Å². The van der Waals surface area contributed by atoms with E-state index in [2.05, 4.69) is 10.3 Å². The van der Waals surface area contributed by atoms with E-state index in [1.54, 1.807) is 18.2 Å². The van der Waals surface area contributed by atoms with Crippen molar-refractivity contribution in [1.29, 1.82) is 0 Å². The van der Waals surface area contributed by atoms with E-state index in [0.29, 0.717) is 17.5 Å². The van der Waals surface area contributed by atoms with Gasteiger partial charge in [-0.05, 0) is 37.5 Å². The van der Waals surface area contributed by atoms with Gasteiger partial charge in [0.25, 0.3) is 0 Å². The van der Waals surface area contributed by atoms with Gasteiger partial charge in [0.05, 0.1) is 0 Å². The zero-order chi connectivity index (χ0) is 14.7. The first kappa shape index (κ1) is 14.0. The number of aromatic nitrogens is 1. The Kier molecular flexibility index (Phi) is 4.15. The number of aryl methyl sites for hydroxylation is 1. The van der Waals surface area contributed by atoms with Crippen LogP contribution in [0.3, 0.4) is 0 Å². The molecule has 1 aromatic carbocycles. The lowest BCUT2D eigenvalue weighted by Crippen LogP contribution is -2.15. The van der Waals surface area contributed by atoms with Crippen LogP contribution in [-0.2, 0) is 13.2 Å². The van der Waals surface area contributed by atoms with E-state index in [0.717, 1.165) is 17.8 Å². The first-order valence-corrected chi connectivity index (χ1v) is 7.28. The molecule has 1 aromatic heterocycles. The molecule has 1 fully saturated rings. The fourth-order valence-electron chi connectivity index (χ4n) is 2.20. The first-order chi connectivity index (χ1) is 10.2. The van der Waals surface area contributed by atoms with Crippen LogP contribution in [0.1, 0.15) is 29.7 Å². The second-order valence-electron chi connectivity index (χ2n) is 5.49. The summed E-state index contributed by atoms with van der Waals surface area (Å²) in [4.78, 5) is 4.35. The van der Waals surface area contributed by atoms with Gasteiger partial charge < -0.3 is 10.1 Å². The molecule has 1 aliphatic carbocycles. The third-order valence-corrected chi connectivity index (χ3v) is 3.50. The Labute approximate surface area is 124 Å². The number of nitrogens with zero attached hydrogens (tertiary/aromatic N) is 1. The first-order valence-electron chi connectivity index (χ1n) is 7.28. The van der Waals surface area contributed by atoms with Gasteiger partial charge in [0.1, 0.15) is 12.4 Å². The van der Waals surface area contributed by atoms with Crippen molar-refractivity contribution >= 4 is 0 Å². The zero-order valence-corrected chi connectivity index (χ0v) is 12.1. The van der Waals surface area contributed by atoms with Crippen molar-refractivity contribution in [3.8, 4) is 5.88 Å². The number of hydrogen-bond donors (Lipinski definition) is 1. The number of halogens is 1. The van der Waals surface area contributed by atoms with E-state index in [-0.39, 0.29) is 12.4 Å². The van der Waals surface area contributed by atoms with Crippen LogP contribution in [-0.4, -0.2) is 11.0 Å². The van der Waals surface area contributed by atoms with Crippen LogP contribution in [0.15, 0.2) is 36.4 Å². The monoisotopic (exact) mass is 286 g/mol. The van der Waals surface area contributed by atoms with E-state index in [4.69, 9.17) is 4.74 Å². The maximum atomic E-state index is 13.6. The number of pyridine rings is 1. The van der Waals surface area contributed by atoms with E-state index in [1.165, 1.54) is 18.9 Å². The van der Waals surface area contributed by atoms with Gasteiger partial charge in [0, 0.05) is 29.9 Å². The predicted octanol–water partition coefficient (Wildman–Crippen LogP) is 3.36. The lowest BCUT2D eigenvalue weighted by molar-refractivity contribution is 0.287. The number of benzene rings is 1. The summed E-state index contributed by atoms with van der Waals surface area (Å²) < 4.78 is 19.2. The molecule has 2 aromatic rings.